The van der Waals surface area contributed by atoms with Crippen LogP contribution in [0.5, 0.6) is 0 Å². The zero-order valence-electron chi connectivity index (χ0n) is 10.2. The molecule has 1 rings (SSSR count). The van der Waals surface area contributed by atoms with Gasteiger partial charge in [-0.1, -0.05) is 18.6 Å². The minimum Gasteiger partial charge on any atom is -0.393 e. The van der Waals surface area contributed by atoms with Gasteiger partial charge >= 0.3 is 0 Å². The molecule has 17 heavy (non-hydrogen) atoms. The Kier molecular flexibility index (Phi) is 5.65. The number of aliphatic hydroxyl groups excluding tert-OH is 1. The highest BCUT2D eigenvalue weighted by molar-refractivity contribution is 9.10. The van der Waals surface area contributed by atoms with Crippen molar-refractivity contribution in [1.82, 2.24) is 5.32 Å². The van der Waals surface area contributed by atoms with Crippen LogP contribution in [0.1, 0.15) is 35.7 Å². The lowest BCUT2D eigenvalue weighted by molar-refractivity contribution is 0.0941. The molecular weight excluding hydrogens is 282 g/mol. The fourth-order valence-corrected chi connectivity index (χ4v) is 1.89. The molecule has 0 fully saturated rings. The van der Waals surface area contributed by atoms with Gasteiger partial charge in [0.1, 0.15) is 0 Å². The quantitative estimate of drug-likeness (QED) is 0.878. The van der Waals surface area contributed by atoms with Gasteiger partial charge in [-0.15, -0.1) is 0 Å². The molecule has 0 saturated carbocycles. The van der Waals surface area contributed by atoms with E-state index in [1.165, 1.54) is 0 Å². The van der Waals surface area contributed by atoms with E-state index in [0.717, 1.165) is 10.0 Å². The van der Waals surface area contributed by atoms with Gasteiger partial charge in [0.15, 0.2) is 0 Å². The molecule has 4 heteroatoms. The Bertz CT molecular complexity index is 393. The number of amides is 1. The molecule has 1 aromatic rings. The fraction of sp³-hybridized carbons (Fsp3) is 0.462. The SMILES string of the molecule is CCC(O)CCNC(=O)c1cc(C)ccc1Br. The van der Waals surface area contributed by atoms with E-state index >= 15 is 0 Å². The van der Waals surface area contributed by atoms with Crippen molar-refractivity contribution in [3.8, 4) is 0 Å². The summed E-state index contributed by atoms with van der Waals surface area (Å²) in [4.78, 5) is 11.9. The molecule has 1 amide bonds. The third-order valence-electron chi connectivity index (χ3n) is 2.60. The lowest BCUT2D eigenvalue weighted by Gasteiger charge is -2.10. The topological polar surface area (TPSA) is 49.3 Å². The van der Waals surface area contributed by atoms with E-state index in [-0.39, 0.29) is 12.0 Å². The number of benzene rings is 1. The van der Waals surface area contributed by atoms with Crippen molar-refractivity contribution in [2.75, 3.05) is 6.54 Å². The smallest absolute Gasteiger partial charge is 0.252 e. The number of carbonyl (C=O) groups excluding carboxylic acids is 1. The third-order valence-corrected chi connectivity index (χ3v) is 3.29. The number of carbonyl (C=O) groups is 1. The number of halogens is 1. The molecular formula is C13H18BrNO2. The molecule has 0 spiro atoms. The second-order valence-corrected chi connectivity index (χ2v) is 4.94. The van der Waals surface area contributed by atoms with Crippen molar-refractivity contribution < 1.29 is 9.90 Å². The van der Waals surface area contributed by atoms with Crippen molar-refractivity contribution in [3.63, 3.8) is 0 Å². The molecule has 2 N–H and O–H groups in total. The van der Waals surface area contributed by atoms with Crippen LogP contribution in [-0.4, -0.2) is 23.7 Å². The van der Waals surface area contributed by atoms with Crippen molar-refractivity contribution in [2.24, 2.45) is 0 Å². The first kappa shape index (κ1) is 14.2. The van der Waals surface area contributed by atoms with Gasteiger partial charge in [-0.25, -0.2) is 0 Å². The van der Waals surface area contributed by atoms with Crippen LogP contribution in [0.2, 0.25) is 0 Å². The molecule has 0 aliphatic heterocycles. The maximum atomic E-state index is 11.9. The maximum absolute atomic E-state index is 11.9. The van der Waals surface area contributed by atoms with Crippen LogP contribution < -0.4 is 5.32 Å². The van der Waals surface area contributed by atoms with Crippen LogP contribution in [0.3, 0.4) is 0 Å². The zero-order chi connectivity index (χ0) is 12.8. The van der Waals surface area contributed by atoms with Crippen LogP contribution in [0.25, 0.3) is 0 Å². The highest BCUT2D eigenvalue weighted by atomic mass is 79.9. The Hall–Kier alpha value is -0.870. The van der Waals surface area contributed by atoms with Crippen molar-refractivity contribution in [3.05, 3.63) is 33.8 Å². The van der Waals surface area contributed by atoms with Gasteiger partial charge in [-0.3, -0.25) is 4.79 Å². The number of aryl methyl sites for hydroxylation is 1. The summed E-state index contributed by atoms with van der Waals surface area (Å²) in [5.74, 6) is -0.108. The summed E-state index contributed by atoms with van der Waals surface area (Å²) in [6.07, 6.45) is 0.964. The molecule has 0 aliphatic carbocycles. The first-order valence-corrected chi connectivity index (χ1v) is 6.56. The molecule has 1 unspecified atom stereocenters. The largest absolute Gasteiger partial charge is 0.393 e. The number of rotatable bonds is 5. The Morgan fingerprint density at radius 1 is 1.53 bits per heavy atom. The van der Waals surface area contributed by atoms with Crippen LogP contribution in [-0.2, 0) is 0 Å². The molecule has 0 bridgehead atoms. The van der Waals surface area contributed by atoms with Gasteiger partial charge < -0.3 is 10.4 Å². The first-order valence-electron chi connectivity index (χ1n) is 5.77. The van der Waals surface area contributed by atoms with Gasteiger partial charge in [0.05, 0.1) is 11.7 Å². The first-order chi connectivity index (χ1) is 8.04. The average molecular weight is 300 g/mol. The van der Waals surface area contributed by atoms with Crippen LogP contribution in [0.4, 0.5) is 0 Å². The van der Waals surface area contributed by atoms with Gasteiger partial charge in [-0.05, 0) is 47.8 Å². The van der Waals surface area contributed by atoms with Gasteiger partial charge in [-0.2, -0.15) is 0 Å². The van der Waals surface area contributed by atoms with E-state index in [1.807, 2.05) is 32.0 Å². The molecule has 1 atom stereocenters. The van der Waals surface area contributed by atoms with Gasteiger partial charge in [0.2, 0.25) is 0 Å². The zero-order valence-corrected chi connectivity index (χ0v) is 11.8. The van der Waals surface area contributed by atoms with Crippen LogP contribution in [0, 0.1) is 6.92 Å². The van der Waals surface area contributed by atoms with Gasteiger partial charge in [0, 0.05) is 11.0 Å². The summed E-state index contributed by atoms with van der Waals surface area (Å²) in [6, 6.07) is 5.66. The molecule has 0 radical (unpaired) electrons. The van der Waals surface area contributed by atoms with Crippen molar-refractivity contribution in [2.45, 2.75) is 32.8 Å². The number of hydrogen-bond acceptors (Lipinski definition) is 2. The standard InChI is InChI=1S/C13H18BrNO2/c1-3-10(16)6-7-15-13(17)11-8-9(2)4-5-12(11)14/h4-5,8,10,16H,3,6-7H2,1-2H3,(H,15,17). The molecule has 1 aromatic carbocycles. The van der Waals surface area contributed by atoms with E-state index in [2.05, 4.69) is 21.2 Å². The molecule has 0 aromatic heterocycles. The second kappa shape index (κ2) is 6.77. The molecule has 0 aliphatic rings. The Morgan fingerprint density at radius 2 is 2.24 bits per heavy atom. The summed E-state index contributed by atoms with van der Waals surface area (Å²) in [6.45, 7) is 4.36. The lowest BCUT2D eigenvalue weighted by atomic mass is 10.1. The predicted octanol–water partition coefficient (Wildman–Crippen LogP) is 2.65. The number of hydrogen-bond donors (Lipinski definition) is 2. The van der Waals surface area contributed by atoms with Crippen LogP contribution in [0.15, 0.2) is 22.7 Å². The predicted molar refractivity (Wildman–Crippen MR) is 72.1 cm³/mol. The van der Waals surface area contributed by atoms with Gasteiger partial charge in [0.25, 0.3) is 5.91 Å². The molecule has 0 saturated heterocycles. The van der Waals surface area contributed by atoms with E-state index in [0.29, 0.717) is 24.9 Å². The second-order valence-electron chi connectivity index (χ2n) is 4.09. The highest BCUT2D eigenvalue weighted by Crippen LogP contribution is 2.17. The summed E-state index contributed by atoms with van der Waals surface area (Å²) in [5, 5.41) is 12.2. The van der Waals surface area contributed by atoms with E-state index in [4.69, 9.17) is 0 Å². The summed E-state index contributed by atoms with van der Waals surface area (Å²) in [5.41, 5.74) is 1.68. The third kappa shape index (κ3) is 4.48. The van der Waals surface area contributed by atoms with Crippen LogP contribution >= 0.6 is 15.9 Å². The Labute approximate surface area is 110 Å². The minimum atomic E-state index is -0.337. The minimum absolute atomic E-state index is 0.108. The van der Waals surface area contributed by atoms with E-state index in [1.54, 1.807) is 0 Å². The lowest BCUT2D eigenvalue weighted by Crippen LogP contribution is -2.27. The summed E-state index contributed by atoms with van der Waals surface area (Å²) in [7, 11) is 0. The Balaban J connectivity index is 2.55. The summed E-state index contributed by atoms with van der Waals surface area (Å²) < 4.78 is 0.789. The monoisotopic (exact) mass is 299 g/mol. The van der Waals surface area contributed by atoms with E-state index < -0.39 is 0 Å². The van der Waals surface area contributed by atoms with E-state index in [9.17, 15) is 9.90 Å². The van der Waals surface area contributed by atoms with Crippen molar-refractivity contribution in [1.29, 1.82) is 0 Å². The molecule has 94 valence electrons. The summed E-state index contributed by atoms with van der Waals surface area (Å²) >= 11 is 3.36. The van der Waals surface area contributed by atoms with Crippen molar-refractivity contribution >= 4 is 21.8 Å². The molecule has 0 heterocycles. The highest BCUT2D eigenvalue weighted by Gasteiger charge is 2.10. The number of nitrogens with one attached hydrogen (secondary N) is 1. The maximum Gasteiger partial charge on any atom is 0.252 e. The fourth-order valence-electron chi connectivity index (χ4n) is 1.46. The normalized spacial score (nSPS) is 12.2. The average Bonchev–Trinajstić information content (AvgIpc) is 2.31. The Morgan fingerprint density at radius 3 is 2.88 bits per heavy atom. The number of aliphatic hydroxyl groups is 1. The molecule has 3 nitrogen and oxygen atoms in total.